The number of anilines is 2. The molecule has 0 aliphatic rings. The summed E-state index contributed by atoms with van der Waals surface area (Å²) in [6, 6.07) is 22.1. The molecule has 0 radical (unpaired) electrons. The molecule has 4 aromatic rings. The van der Waals surface area contributed by atoms with Crippen LogP contribution in [0.25, 0.3) is 10.9 Å². The Bertz CT molecular complexity index is 1270. The van der Waals surface area contributed by atoms with Crippen molar-refractivity contribution in [2.24, 2.45) is 0 Å². The van der Waals surface area contributed by atoms with Gasteiger partial charge in [0.1, 0.15) is 24.7 Å². The monoisotopic (exact) mass is 464 g/mol. The van der Waals surface area contributed by atoms with Gasteiger partial charge in [0, 0.05) is 11.6 Å². The third-order valence-corrected chi connectivity index (χ3v) is 5.50. The lowest BCUT2D eigenvalue weighted by molar-refractivity contribution is 0.0697. The number of carbonyl (C=O) groups is 1. The SMILES string of the molecule is O=C(O)c1ccc(OCCOc2ccc(N(c3cccc4cccnc34)S(=O)O)cc2)cc1. The van der Waals surface area contributed by atoms with Crippen LogP contribution >= 0.6 is 0 Å². The van der Waals surface area contributed by atoms with Gasteiger partial charge in [-0.15, -0.1) is 0 Å². The van der Waals surface area contributed by atoms with Crippen molar-refractivity contribution in [2.75, 3.05) is 17.5 Å². The molecule has 0 amide bonds. The summed E-state index contributed by atoms with van der Waals surface area (Å²) in [5.74, 6) is 0.126. The Hall–Kier alpha value is -3.95. The van der Waals surface area contributed by atoms with Gasteiger partial charge >= 0.3 is 5.97 Å². The number of aromatic carboxylic acids is 1. The zero-order valence-corrected chi connectivity index (χ0v) is 18.1. The molecule has 0 spiro atoms. The van der Waals surface area contributed by atoms with E-state index >= 15 is 0 Å². The Labute approximate surface area is 192 Å². The van der Waals surface area contributed by atoms with Crippen LogP contribution in [-0.4, -0.2) is 38.0 Å². The second-order valence-corrected chi connectivity index (χ2v) is 7.72. The summed E-state index contributed by atoms with van der Waals surface area (Å²) in [5, 5.41) is 9.78. The third kappa shape index (κ3) is 5.28. The van der Waals surface area contributed by atoms with E-state index in [2.05, 4.69) is 4.98 Å². The van der Waals surface area contributed by atoms with Crippen LogP contribution in [0.3, 0.4) is 0 Å². The topological polar surface area (TPSA) is 109 Å². The van der Waals surface area contributed by atoms with Crippen LogP contribution in [0.15, 0.2) is 85.1 Å². The largest absolute Gasteiger partial charge is 0.490 e. The van der Waals surface area contributed by atoms with E-state index in [0.717, 1.165) is 5.39 Å². The van der Waals surface area contributed by atoms with Crippen molar-refractivity contribution in [3.63, 3.8) is 0 Å². The van der Waals surface area contributed by atoms with Crippen LogP contribution in [0.2, 0.25) is 0 Å². The molecule has 4 rings (SSSR count). The molecule has 0 aliphatic heterocycles. The Morgan fingerprint density at radius 3 is 2.09 bits per heavy atom. The summed E-state index contributed by atoms with van der Waals surface area (Å²) >= 11 is -2.30. The molecule has 0 saturated heterocycles. The molecular formula is C24H20N2O6S. The highest BCUT2D eigenvalue weighted by molar-refractivity contribution is 7.81. The van der Waals surface area contributed by atoms with Gasteiger partial charge in [-0.25, -0.2) is 13.3 Å². The van der Waals surface area contributed by atoms with Crippen molar-refractivity contribution >= 4 is 39.5 Å². The fourth-order valence-corrected chi connectivity index (χ4v) is 3.87. The van der Waals surface area contributed by atoms with Gasteiger partial charge in [0.05, 0.1) is 22.5 Å². The molecule has 168 valence electrons. The summed E-state index contributed by atoms with van der Waals surface area (Å²) in [6.45, 7) is 0.533. The van der Waals surface area contributed by atoms with Crippen molar-refractivity contribution in [3.8, 4) is 11.5 Å². The highest BCUT2D eigenvalue weighted by Gasteiger charge is 2.18. The molecule has 9 heteroatoms. The average molecular weight is 464 g/mol. The predicted octanol–water partition coefficient (Wildman–Crippen LogP) is 4.67. The van der Waals surface area contributed by atoms with E-state index < -0.39 is 17.2 Å². The quantitative estimate of drug-likeness (QED) is 0.274. The zero-order chi connectivity index (χ0) is 23.2. The van der Waals surface area contributed by atoms with E-state index in [1.807, 2.05) is 24.3 Å². The molecule has 1 unspecified atom stereocenters. The van der Waals surface area contributed by atoms with Gasteiger partial charge in [0.25, 0.3) is 11.3 Å². The number of aromatic nitrogens is 1. The van der Waals surface area contributed by atoms with E-state index in [-0.39, 0.29) is 18.8 Å². The lowest BCUT2D eigenvalue weighted by atomic mass is 10.2. The average Bonchev–Trinajstić information content (AvgIpc) is 2.83. The number of carboxylic acid groups (broad SMARTS) is 1. The fourth-order valence-electron chi connectivity index (χ4n) is 3.26. The molecule has 8 nitrogen and oxygen atoms in total. The molecule has 0 saturated carbocycles. The van der Waals surface area contributed by atoms with Crippen LogP contribution in [0.4, 0.5) is 11.4 Å². The molecule has 0 aliphatic carbocycles. The number of hydrogen-bond donors (Lipinski definition) is 2. The van der Waals surface area contributed by atoms with Gasteiger partial charge in [-0.3, -0.25) is 9.54 Å². The van der Waals surface area contributed by atoms with Crippen LogP contribution < -0.4 is 13.8 Å². The Morgan fingerprint density at radius 2 is 1.48 bits per heavy atom. The number of para-hydroxylation sites is 1. The van der Waals surface area contributed by atoms with E-state index in [1.165, 1.54) is 16.4 Å². The molecule has 1 aromatic heterocycles. The summed E-state index contributed by atoms with van der Waals surface area (Å²) in [6.07, 6.45) is 1.64. The number of rotatable bonds is 9. The number of benzene rings is 3. The lowest BCUT2D eigenvalue weighted by Gasteiger charge is -2.21. The van der Waals surface area contributed by atoms with Gasteiger partial charge in [-0.05, 0) is 60.7 Å². The Morgan fingerprint density at radius 1 is 0.879 bits per heavy atom. The highest BCUT2D eigenvalue weighted by atomic mass is 32.2. The van der Waals surface area contributed by atoms with Crippen LogP contribution in [0.5, 0.6) is 11.5 Å². The predicted molar refractivity (Wildman–Crippen MR) is 125 cm³/mol. The number of carboxylic acids is 1. The smallest absolute Gasteiger partial charge is 0.335 e. The summed E-state index contributed by atoms with van der Waals surface area (Å²) in [5.41, 5.74) is 1.84. The van der Waals surface area contributed by atoms with Crippen LogP contribution in [0.1, 0.15) is 10.4 Å². The standard InChI is InChI=1S/C24H20N2O6S/c27-24(28)18-6-10-20(11-7-18)31-15-16-32-21-12-8-19(9-13-21)26(33(29)30)22-5-1-3-17-4-2-14-25-23(17)22/h1-14H,15-16H2,(H,27,28)(H,29,30). The molecule has 2 N–H and O–H groups in total. The maximum Gasteiger partial charge on any atom is 0.335 e. The van der Waals surface area contributed by atoms with Gasteiger partial charge in [-0.2, -0.15) is 0 Å². The minimum atomic E-state index is -2.30. The third-order valence-electron chi connectivity index (χ3n) is 4.78. The van der Waals surface area contributed by atoms with E-state index in [4.69, 9.17) is 14.6 Å². The number of hydrogen-bond acceptors (Lipinski definition) is 5. The number of pyridine rings is 1. The van der Waals surface area contributed by atoms with Crippen LogP contribution in [0, 0.1) is 0 Å². The first-order valence-corrected chi connectivity index (χ1v) is 11.0. The van der Waals surface area contributed by atoms with E-state index in [9.17, 15) is 13.6 Å². The zero-order valence-electron chi connectivity index (χ0n) is 17.3. The fraction of sp³-hybridized carbons (Fsp3) is 0.0833. The molecule has 1 atom stereocenters. The Balaban J connectivity index is 1.40. The van der Waals surface area contributed by atoms with Gasteiger partial charge in [0.15, 0.2) is 0 Å². The maximum atomic E-state index is 12.2. The molecule has 33 heavy (non-hydrogen) atoms. The van der Waals surface area contributed by atoms with Gasteiger partial charge < -0.3 is 14.6 Å². The lowest BCUT2D eigenvalue weighted by Crippen LogP contribution is -2.19. The van der Waals surface area contributed by atoms with Crippen molar-refractivity contribution < 1.29 is 28.1 Å². The van der Waals surface area contributed by atoms with Crippen molar-refractivity contribution in [3.05, 3.63) is 90.6 Å². The normalized spacial score (nSPS) is 11.7. The molecule has 3 aromatic carbocycles. The second kappa shape index (κ2) is 10.1. The second-order valence-electron chi connectivity index (χ2n) is 6.90. The number of ether oxygens (including phenoxy) is 2. The highest BCUT2D eigenvalue weighted by Crippen LogP contribution is 2.33. The first-order chi connectivity index (χ1) is 16.0. The van der Waals surface area contributed by atoms with Gasteiger partial charge in [0.2, 0.25) is 0 Å². The van der Waals surface area contributed by atoms with Crippen molar-refractivity contribution in [2.45, 2.75) is 0 Å². The summed E-state index contributed by atoms with van der Waals surface area (Å²) < 4.78 is 34.6. The Kier molecular flexibility index (Phi) is 6.82. The van der Waals surface area contributed by atoms with E-state index in [0.29, 0.717) is 28.4 Å². The molecule has 0 fully saturated rings. The molecule has 1 heterocycles. The number of nitrogens with zero attached hydrogens (tertiary/aromatic N) is 2. The number of fused-ring (bicyclic) bond motifs is 1. The van der Waals surface area contributed by atoms with Gasteiger partial charge in [-0.1, -0.05) is 18.2 Å². The summed E-state index contributed by atoms with van der Waals surface area (Å²) in [4.78, 5) is 15.2. The molecule has 0 bridgehead atoms. The van der Waals surface area contributed by atoms with Crippen molar-refractivity contribution in [1.29, 1.82) is 0 Å². The molecular weight excluding hydrogens is 444 g/mol. The minimum absolute atomic E-state index is 0.191. The first-order valence-electron chi connectivity index (χ1n) is 9.97. The first kappa shape index (κ1) is 22.3. The summed E-state index contributed by atoms with van der Waals surface area (Å²) in [7, 11) is 0. The maximum absolute atomic E-state index is 12.2. The van der Waals surface area contributed by atoms with Crippen molar-refractivity contribution in [1.82, 2.24) is 4.98 Å². The van der Waals surface area contributed by atoms with E-state index in [1.54, 1.807) is 48.7 Å². The van der Waals surface area contributed by atoms with Crippen LogP contribution in [-0.2, 0) is 11.3 Å². The minimum Gasteiger partial charge on any atom is -0.490 e.